The van der Waals surface area contributed by atoms with Gasteiger partial charge < -0.3 is 14.9 Å². The summed E-state index contributed by atoms with van der Waals surface area (Å²) < 4.78 is 0. The van der Waals surface area contributed by atoms with Gasteiger partial charge in [0.15, 0.2) is 0 Å². The normalized spacial score (nSPS) is 15.2. The van der Waals surface area contributed by atoms with Crippen molar-refractivity contribution in [1.29, 1.82) is 0 Å². The monoisotopic (exact) mass is 334 g/mol. The highest BCUT2D eigenvalue weighted by atomic mass is 32.2. The molecule has 4 aromatic rings. The van der Waals surface area contributed by atoms with Crippen molar-refractivity contribution in [3.05, 3.63) is 54.9 Å². The van der Waals surface area contributed by atoms with E-state index in [9.17, 15) is 0 Å². The highest BCUT2D eigenvalue weighted by Crippen LogP contribution is 2.36. The Bertz CT molecular complexity index is 1060. The zero-order valence-electron chi connectivity index (χ0n) is 12.7. The van der Waals surface area contributed by atoms with Crippen LogP contribution in [0.1, 0.15) is 5.56 Å². The maximum Gasteiger partial charge on any atom is 0.145 e. The molecule has 1 aliphatic rings. The molecule has 1 aliphatic heterocycles. The number of hydrogen-bond acceptors (Lipinski definition) is 5. The first-order valence-electron chi connectivity index (χ1n) is 7.72. The molecule has 118 valence electrons. The maximum atomic E-state index is 4.51. The van der Waals surface area contributed by atoms with E-state index in [-0.39, 0.29) is 0 Å². The highest BCUT2D eigenvalue weighted by molar-refractivity contribution is 8.08. The van der Waals surface area contributed by atoms with Crippen molar-refractivity contribution in [3.63, 3.8) is 0 Å². The van der Waals surface area contributed by atoms with Crippen LogP contribution in [0.3, 0.4) is 0 Å². The number of pyridine rings is 1. The van der Waals surface area contributed by atoms with Gasteiger partial charge in [0.2, 0.25) is 0 Å². The van der Waals surface area contributed by atoms with Crippen molar-refractivity contribution < 1.29 is 0 Å². The minimum Gasteiger partial charge on any atom is -0.346 e. The number of nitrogens with zero attached hydrogens (tertiary/aromatic N) is 4. The number of aromatic amines is 2. The van der Waals surface area contributed by atoms with Crippen LogP contribution >= 0.6 is 11.8 Å². The zero-order chi connectivity index (χ0) is 15.9. The summed E-state index contributed by atoms with van der Waals surface area (Å²) in [5.41, 5.74) is 2.99. The molecule has 0 atom stereocenters. The van der Waals surface area contributed by atoms with Crippen molar-refractivity contribution in [3.8, 4) is 0 Å². The summed E-state index contributed by atoms with van der Waals surface area (Å²) >= 11 is 1.87. The summed E-state index contributed by atoms with van der Waals surface area (Å²) in [6.07, 6.45) is 9.48. The molecule has 0 unspecified atom stereocenters. The summed E-state index contributed by atoms with van der Waals surface area (Å²) in [4.78, 5) is 22.9. The van der Waals surface area contributed by atoms with Gasteiger partial charge >= 0.3 is 0 Å². The van der Waals surface area contributed by atoms with Crippen LogP contribution in [0.4, 0.5) is 5.82 Å². The first-order chi connectivity index (χ1) is 11.9. The van der Waals surface area contributed by atoms with Crippen molar-refractivity contribution in [1.82, 2.24) is 24.9 Å². The topological polar surface area (TPSA) is 73.5 Å². The fraction of sp³-hybridized carbons (Fsp3) is 0.118. The second-order valence-corrected chi connectivity index (χ2v) is 6.71. The number of fused-ring (bicyclic) bond motifs is 2. The third-order valence-corrected chi connectivity index (χ3v) is 5.22. The van der Waals surface area contributed by atoms with Gasteiger partial charge in [-0.15, -0.1) is 11.8 Å². The van der Waals surface area contributed by atoms with Crippen molar-refractivity contribution in [2.45, 2.75) is 0 Å². The molecular formula is C17H14N6S. The molecule has 24 heavy (non-hydrogen) atoms. The van der Waals surface area contributed by atoms with Crippen LogP contribution in [0.5, 0.6) is 0 Å². The van der Waals surface area contributed by atoms with Crippen molar-refractivity contribution in [2.75, 3.05) is 17.2 Å². The lowest BCUT2D eigenvalue weighted by Gasteiger charge is -2.26. The van der Waals surface area contributed by atoms with Crippen LogP contribution in [0.25, 0.3) is 27.0 Å². The fourth-order valence-corrected chi connectivity index (χ4v) is 4.12. The van der Waals surface area contributed by atoms with Gasteiger partial charge in [-0.1, -0.05) is 0 Å². The Morgan fingerprint density at radius 1 is 0.958 bits per heavy atom. The molecule has 6 nitrogen and oxygen atoms in total. The molecule has 0 amide bonds. The second kappa shape index (κ2) is 5.38. The molecule has 0 radical (unpaired) electrons. The zero-order valence-corrected chi connectivity index (χ0v) is 13.5. The van der Waals surface area contributed by atoms with E-state index in [1.807, 2.05) is 36.4 Å². The average Bonchev–Trinajstić information content (AvgIpc) is 3.30. The largest absolute Gasteiger partial charge is 0.346 e. The number of nitrogens with one attached hydrogen (secondary N) is 2. The summed E-state index contributed by atoms with van der Waals surface area (Å²) in [7, 11) is 0. The van der Waals surface area contributed by atoms with Crippen LogP contribution in [-0.2, 0) is 0 Å². The molecule has 0 bridgehead atoms. The SMILES string of the molecule is C1=C(c2ccnc3[nH]ccc23)SCCN1c1ncnc2[nH]ccc12. The molecule has 0 aromatic carbocycles. The van der Waals surface area contributed by atoms with Gasteiger partial charge in [0.05, 0.1) is 5.39 Å². The Morgan fingerprint density at radius 2 is 1.79 bits per heavy atom. The van der Waals surface area contributed by atoms with Crippen molar-refractivity contribution in [2.24, 2.45) is 0 Å². The molecule has 7 heteroatoms. The molecule has 0 saturated heterocycles. The number of aromatic nitrogens is 5. The molecule has 2 N–H and O–H groups in total. The van der Waals surface area contributed by atoms with E-state index in [0.717, 1.165) is 40.2 Å². The smallest absolute Gasteiger partial charge is 0.145 e. The van der Waals surface area contributed by atoms with Gasteiger partial charge in [-0.25, -0.2) is 15.0 Å². The van der Waals surface area contributed by atoms with Gasteiger partial charge in [-0.3, -0.25) is 0 Å². The van der Waals surface area contributed by atoms with Crippen LogP contribution in [0.15, 0.2) is 49.3 Å². The van der Waals surface area contributed by atoms with E-state index in [2.05, 4.69) is 48.2 Å². The predicted octanol–water partition coefficient (Wildman–Crippen LogP) is 3.39. The summed E-state index contributed by atoms with van der Waals surface area (Å²) in [5, 5.41) is 2.19. The first-order valence-corrected chi connectivity index (χ1v) is 8.70. The predicted molar refractivity (Wildman–Crippen MR) is 97.8 cm³/mol. The van der Waals surface area contributed by atoms with Crippen molar-refractivity contribution >= 4 is 44.6 Å². The van der Waals surface area contributed by atoms with E-state index in [1.165, 1.54) is 10.5 Å². The van der Waals surface area contributed by atoms with E-state index < -0.39 is 0 Å². The van der Waals surface area contributed by atoms with Gasteiger partial charge in [0.1, 0.15) is 23.4 Å². The lowest BCUT2D eigenvalue weighted by Crippen LogP contribution is -2.24. The Kier molecular flexibility index (Phi) is 3.05. The summed E-state index contributed by atoms with van der Waals surface area (Å²) in [5.74, 6) is 1.95. The second-order valence-electron chi connectivity index (χ2n) is 5.57. The number of H-pyrrole nitrogens is 2. The van der Waals surface area contributed by atoms with Gasteiger partial charge in [-0.2, -0.15) is 0 Å². The maximum absolute atomic E-state index is 4.51. The minimum atomic E-state index is 0.866. The van der Waals surface area contributed by atoms with E-state index >= 15 is 0 Å². The van der Waals surface area contributed by atoms with E-state index in [4.69, 9.17) is 0 Å². The van der Waals surface area contributed by atoms with Crippen LogP contribution < -0.4 is 4.90 Å². The molecule has 0 fully saturated rings. The van der Waals surface area contributed by atoms with Crippen LogP contribution in [-0.4, -0.2) is 37.2 Å². The number of hydrogen-bond donors (Lipinski definition) is 2. The van der Waals surface area contributed by atoms with Gasteiger partial charge in [-0.05, 0) is 18.2 Å². The minimum absolute atomic E-state index is 0.866. The van der Waals surface area contributed by atoms with Gasteiger partial charge in [0.25, 0.3) is 0 Å². The van der Waals surface area contributed by atoms with Crippen LogP contribution in [0.2, 0.25) is 0 Å². The third kappa shape index (κ3) is 2.09. The molecule has 5 heterocycles. The first kappa shape index (κ1) is 13.6. The highest BCUT2D eigenvalue weighted by Gasteiger charge is 2.19. The Balaban J connectivity index is 1.63. The quantitative estimate of drug-likeness (QED) is 0.588. The summed E-state index contributed by atoms with van der Waals surface area (Å²) in [6.45, 7) is 0.923. The number of rotatable bonds is 2. The Morgan fingerprint density at radius 3 is 2.71 bits per heavy atom. The van der Waals surface area contributed by atoms with E-state index in [0.29, 0.717) is 0 Å². The standard InChI is InChI=1S/C17H14N6S/c1-4-18-15-12(2-5-19-15)11(1)14-9-23(7-8-24-14)17-13-3-6-20-16(13)21-10-22-17/h1-6,9-10H,7-8H2,(H,18,19)(H,20,21,22). The fourth-order valence-electron chi connectivity index (χ4n) is 3.07. The number of anilines is 1. The average molecular weight is 334 g/mol. The van der Waals surface area contributed by atoms with Gasteiger partial charge in [0, 0.05) is 52.9 Å². The molecule has 4 aromatic heterocycles. The molecule has 0 saturated carbocycles. The Labute approximate surface area is 142 Å². The lowest BCUT2D eigenvalue weighted by molar-refractivity contribution is 0.988. The molecular weight excluding hydrogens is 320 g/mol. The van der Waals surface area contributed by atoms with Crippen LogP contribution in [0, 0.1) is 0 Å². The third-order valence-electron chi connectivity index (χ3n) is 4.19. The molecule has 5 rings (SSSR count). The molecule has 0 spiro atoms. The van der Waals surface area contributed by atoms with E-state index in [1.54, 1.807) is 6.33 Å². The number of thioether (sulfide) groups is 1. The lowest BCUT2D eigenvalue weighted by atomic mass is 10.2. The summed E-state index contributed by atoms with van der Waals surface area (Å²) in [6, 6.07) is 6.17. The molecule has 0 aliphatic carbocycles. The Hall–Kier alpha value is -2.80.